The number of likely N-dealkylation sites (N-methyl/N-ethyl adjacent to an activating group) is 1. The average Bonchev–Trinajstić information content (AvgIpc) is 2.90. The van der Waals surface area contributed by atoms with Crippen molar-refractivity contribution >= 4 is 11.6 Å². The lowest BCUT2D eigenvalue weighted by atomic mass is 10.1. The summed E-state index contributed by atoms with van der Waals surface area (Å²) in [7, 11) is 4.02. The Labute approximate surface area is 188 Å². The van der Waals surface area contributed by atoms with E-state index in [-0.39, 0.29) is 18.2 Å². The predicted molar refractivity (Wildman–Crippen MR) is 118 cm³/mol. The van der Waals surface area contributed by atoms with E-state index in [0.717, 1.165) is 17.9 Å². The molecule has 0 aromatic heterocycles. The largest absolute Gasteiger partial charge is 0.492 e. The molecule has 1 N–H and O–H groups in total. The molecule has 0 amide bonds. The molecule has 0 saturated carbocycles. The van der Waals surface area contributed by atoms with Gasteiger partial charge in [-0.15, -0.1) is 0 Å². The first kappa shape index (κ1) is 23.8. The van der Waals surface area contributed by atoms with E-state index in [1.165, 1.54) is 18.2 Å². The van der Waals surface area contributed by atoms with Crippen LogP contribution in [0, 0.1) is 5.82 Å². The molecule has 8 heteroatoms. The number of aliphatic hydroxyl groups is 1. The van der Waals surface area contributed by atoms with Gasteiger partial charge in [0.2, 0.25) is 0 Å². The molecule has 1 saturated heterocycles. The molecule has 1 unspecified atom stereocenters. The Balaban J connectivity index is 1.58. The van der Waals surface area contributed by atoms with Gasteiger partial charge in [-0.3, -0.25) is 4.90 Å². The maximum atomic E-state index is 13.3. The standard InChI is InChI=1S/C23H30ClFN2O4/c1-26(2)8-11-30-19-5-3-4-18(12-19)14-27-9-10-29-16-23(28,15-27)17-31-20-6-7-22(25)21(24)13-20/h3-7,12-13,28H,8-11,14-17H2,1-2H3. The van der Waals surface area contributed by atoms with E-state index in [2.05, 4.69) is 9.80 Å². The van der Waals surface area contributed by atoms with Crippen molar-refractivity contribution in [2.24, 2.45) is 0 Å². The van der Waals surface area contributed by atoms with Crippen LogP contribution in [0.15, 0.2) is 42.5 Å². The molecule has 31 heavy (non-hydrogen) atoms. The predicted octanol–water partition coefficient (Wildman–Crippen LogP) is 3.06. The van der Waals surface area contributed by atoms with Crippen molar-refractivity contribution in [3.05, 3.63) is 58.9 Å². The van der Waals surface area contributed by atoms with Crippen LogP contribution < -0.4 is 9.47 Å². The minimum atomic E-state index is -1.20. The van der Waals surface area contributed by atoms with Crippen LogP contribution in [0.4, 0.5) is 4.39 Å². The Morgan fingerprint density at radius 1 is 1.19 bits per heavy atom. The zero-order chi connectivity index (χ0) is 22.3. The zero-order valence-corrected chi connectivity index (χ0v) is 18.8. The van der Waals surface area contributed by atoms with Crippen LogP contribution in [-0.2, 0) is 11.3 Å². The van der Waals surface area contributed by atoms with Gasteiger partial charge < -0.3 is 24.2 Å². The number of rotatable bonds is 9. The van der Waals surface area contributed by atoms with Gasteiger partial charge in [-0.25, -0.2) is 4.39 Å². The maximum absolute atomic E-state index is 13.3. The molecule has 0 radical (unpaired) electrons. The second kappa shape index (κ2) is 11.1. The van der Waals surface area contributed by atoms with Gasteiger partial charge in [0.1, 0.15) is 36.1 Å². The summed E-state index contributed by atoms with van der Waals surface area (Å²) in [5.41, 5.74) is -0.102. The Kier molecular flexibility index (Phi) is 8.51. The summed E-state index contributed by atoms with van der Waals surface area (Å²) in [5, 5.41) is 11.1. The Hall–Kier alpha value is -1.90. The second-order valence-corrected chi connectivity index (χ2v) is 8.56. The van der Waals surface area contributed by atoms with Gasteiger partial charge in [-0.05, 0) is 43.9 Å². The molecule has 1 aliphatic rings. The van der Waals surface area contributed by atoms with Crippen LogP contribution in [0.25, 0.3) is 0 Å². The van der Waals surface area contributed by atoms with Crippen LogP contribution in [-0.4, -0.2) is 80.7 Å². The third-order valence-corrected chi connectivity index (χ3v) is 5.24. The fraction of sp³-hybridized carbons (Fsp3) is 0.478. The van der Waals surface area contributed by atoms with Crippen molar-refractivity contribution in [3.8, 4) is 11.5 Å². The van der Waals surface area contributed by atoms with Gasteiger partial charge >= 0.3 is 0 Å². The average molecular weight is 453 g/mol. The highest BCUT2D eigenvalue weighted by atomic mass is 35.5. The van der Waals surface area contributed by atoms with Crippen molar-refractivity contribution in [3.63, 3.8) is 0 Å². The molecule has 1 heterocycles. The van der Waals surface area contributed by atoms with Gasteiger partial charge in [-0.2, -0.15) is 0 Å². The second-order valence-electron chi connectivity index (χ2n) is 8.15. The van der Waals surface area contributed by atoms with E-state index >= 15 is 0 Å². The van der Waals surface area contributed by atoms with Crippen molar-refractivity contribution in [1.29, 1.82) is 0 Å². The number of hydrogen-bond donors (Lipinski definition) is 1. The quantitative estimate of drug-likeness (QED) is 0.631. The fourth-order valence-corrected chi connectivity index (χ4v) is 3.51. The molecule has 3 rings (SSSR count). The minimum Gasteiger partial charge on any atom is -0.492 e. The topological polar surface area (TPSA) is 54.4 Å². The van der Waals surface area contributed by atoms with Crippen molar-refractivity contribution < 1.29 is 23.7 Å². The van der Waals surface area contributed by atoms with E-state index in [1.54, 1.807) is 0 Å². The summed E-state index contributed by atoms with van der Waals surface area (Å²) >= 11 is 5.81. The minimum absolute atomic E-state index is 0.0130. The van der Waals surface area contributed by atoms with Crippen LogP contribution in [0.3, 0.4) is 0 Å². The molecule has 6 nitrogen and oxygen atoms in total. The Morgan fingerprint density at radius 3 is 2.77 bits per heavy atom. The maximum Gasteiger partial charge on any atom is 0.142 e. The van der Waals surface area contributed by atoms with Crippen molar-refractivity contribution in [1.82, 2.24) is 9.80 Å². The van der Waals surface area contributed by atoms with E-state index in [9.17, 15) is 9.50 Å². The normalized spacial score (nSPS) is 19.9. The van der Waals surface area contributed by atoms with Gasteiger partial charge in [-0.1, -0.05) is 23.7 Å². The molecule has 2 aromatic rings. The third-order valence-electron chi connectivity index (χ3n) is 4.95. The monoisotopic (exact) mass is 452 g/mol. The molecule has 0 spiro atoms. The van der Waals surface area contributed by atoms with Gasteiger partial charge in [0.25, 0.3) is 0 Å². The van der Waals surface area contributed by atoms with Gasteiger partial charge in [0, 0.05) is 32.2 Å². The van der Waals surface area contributed by atoms with E-state index < -0.39 is 11.4 Å². The Morgan fingerprint density at radius 2 is 2.00 bits per heavy atom. The molecule has 1 aliphatic heterocycles. The van der Waals surface area contributed by atoms with Crippen molar-refractivity contribution in [2.45, 2.75) is 12.1 Å². The SMILES string of the molecule is CN(C)CCOc1cccc(CN2CCOCC(O)(COc3ccc(F)c(Cl)c3)C2)c1. The molecule has 2 aromatic carbocycles. The lowest BCUT2D eigenvalue weighted by molar-refractivity contribution is -0.0646. The molecule has 0 bridgehead atoms. The van der Waals surface area contributed by atoms with Crippen LogP contribution in [0.1, 0.15) is 5.56 Å². The van der Waals surface area contributed by atoms with Crippen LogP contribution in [0.5, 0.6) is 11.5 Å². The lowest BCUT2D eigenvalue weighted by Gasteiger charge is -2.30. The molecular formula is C23H30ClFN2O4. The zero-order valence-electron chi connectivity index (χ0n) is 18.0. The summed E-state index contributed by atoms with van der Waals surface area (Å²) in [6.07, 6.45) is 0. The third kappa shape index (κ3) is 7.63. The highest BCUT2D eigenvalue weighted by Gasteiger charge is 2.33. The van der Waals surface area contributed by atoms with E-state index in [0.29, 0.717) is 38.6 Å². The Bertz CT molecular complexity index is 854. The number of halogens is 2. The fourth-order valence-electron chi connectivity index (χ4n) is 3.34. The van der Waals surface area contributed by atoms with E-state index in [4.69, 9.17) is 25.8 Å². The summed E-state index contributed by atoms with van der Waals surface area (Å²) in [6, 6.07) is 12.1. The number of hydrogen-bond acceptors (Lipinski definition) is 6. The lowest BCUT2D eigenvalue weighted by Crippen LogP contribution is -2.48. The first-order valence-corrected chi connectivity index (χ1v) is 10.7. The number of β-amino-alcohol motifs (C(OH)–C–C–N with tert-alkyl or cyclic N) is 1. The molecule has 0 aliphatic carbocycles. The van der Waals surface area contributed by atoms with Gasteiger partial charge in [0.15, 0.2) is 0 Å². The number of nitrogens with zero attached hydrogens (tertiary/aromatic N) is 2. The van der Waals surface area contributed by atoms with Gasteiger partial charge in [0.05, 0.1) is 18.2 Å². The summed E-state index contributed by atoms with van der Waals surface area (Å²) in [5.74, 6) is 0.722. The summed E-state index contributed by atoms with van der Waals surface area (Å²) in [4.78, 5) is 4.21. The highest BCUT2D eigenvalue weighted by Crippen LogP contribution is 2.23. The summed E-state index contributed by atoms with van der Waals surface area (Å²) in [6.45, 7) is 3.89. The number of ether oxygens (including phenoxy) is 3. The molecule has 1 fully saturated rings. The highest BCUT2D eigenvalue weighted by molar-refractivity contribution is 6.30. The molecule has 1 atom stereocenters. The van der Waals surface area contributed by atoms with Crippen LogP contribution >= 0.6 is 11.6 Å². The first-order valence-electron chi connectivity index (χ1n) is 10.3. The first-order chi connectivity index (χ1) is 14.8. The number of benzene rings is 2. The van der Waals surface area contributed by atoms with E-state index in [1.807, 2.05) is 38.4 Å². The molecular weight excluding hydrogens is 423 g/mol. The summed E-state index contributed by atoms with van der Waals surface area (Å²) < 4.78 is 30.5. The van der Waals surface area contributed by atoms with Crippen LogP contribution in [0.2, 0.25) is 5.02 Å². The van der Waals surface area contributed by atoms with Crippen molar-refractivity contribution in [2.75, 3.05) is 60.2 Å². The molecule has 170 valence electrons. The smallest absolute Gasteiger partial charge is 0.142 e.